The maximum atomic E-state index is 12.1. The third kappa shape index (κ3) is 6.33. The number of hydrogen-bond acceptors (Lipinski definition) is 3. The molecule has 1 aromatic rings. The van der Waals surface area contributed by atoms with E-state index in [1.54, 1.807) is 0 Å². The molecular formula is C20H33Cl2N3O. The molecular weight excluding hydrogens is 369 g/mol. The second-order valence-electron chi connectivity index (χ2n) is 7.36. The van der Waals surface area contributed by atoms with Crippen LogP contribution >= 0.6 is 24.8 Å². The molecule has 1 saturated heterocycles. The van der Waals surface area contributed by atoms with E-state index in [0.717, 1.165) is 45.6 Å². The molecule has 0 aromatic heterocycles. The number of carbonyl (C=O) groups is 1. The zero-order valence-electron chi connectivity index (χ0n) is 15.7. The molecule has 1 amide bonds. The number of nitrogens with zero attached hydrogens (tertiary/aromatic N) is 1. The van der Waals surface area contributed by atoms with Crippen molar-refractivity contribution >= 4 is 36.4 Å². The molecule has 0 spiro atoms. The molecule has 3 rings (SSSR count). The fraction of sp³-hybridized carbons (Fsp3) is 0.650. The maximum absolute atomic E-state index is 12.1. The smallest absolute Gasteiger partial charge is 0.220 e. The van der Waals surface area contributed by atoms with Crippen LogP contribution in [-0.2, 0) is 11.2 Å². The average molecular weight is 402 g/mol. The molecule has 1 fully saturated rings. The molecule has 2 unspecified atom stereocenters. The number of para-hydroxylation sites is 1. The largest absolute Gasteiger partial charge is 0.371 e. The number of halogens is 2. The molecule has 26 heavy (non-hydrogen) atoms. The van der Waals surface area contributed by atoms with Crippen molar-refractivity contribution in [1.82, 2.24) is 10.6 Å². The maximum Gasteiger partial charge on any atom is 0.220 e. The summed E-state index contributed by atoms with van der Waals surface area (Å²) in [6.07, 6.45) is 5.33. The summed E-state index contributed by atoms with van der Waals surface area (Å²) in [6, 6.07) is 8.66. The van der Waals surface area contributed by atoms with Gasteiger partial charge in [-0.2, -0.15) is 0 Å². The number of anilines is 1. The standard InChI is InChI=1S/C20H31N3O.2ClH/c1-16(18-7-4-10-21-15-18)14-20(24)22-11-5-12-23-13-9-17-6-2-3-8-19(17)23;;/h2-3,6,8,16,18,21H,4-5,7,9-15H2,1H3,(H,22,24);2*1H. The molecule has 0 radical (unpaired) electrons. The summed E-state index contributed by atoms with van der Waals surface area (Å²) in [6.45, 7) is 7.35. The number of piperidine rings is 1. The van der Waals surface area contributed by atoms with Crippen molar-refractivity contribution in [3.05, 3.63) is 29.8 Å². The number of fused-ring (bicyclic) bond motifs is 1. The normalized spacial score (nSPS) is 19.7. The Morgan fingerprint density at radius 2 is 2.15 bits per heavy atom. The van der Waals surface area contributed by atoms with Crippen LogP contribution < -0.4 is 15.5 Å². The van der Waals surface area contributed by atoms with E-state index in [4.69, 9.17) is 0 Å². The highest BCUT2D eigenvalue weighted by molar-refractivity contribution is 5.85. The second kappa shape index (κ2) is 11.7. The number of hydrogen-bond donors (Lipinski definition) is 2. The summed E-state index contributed by atoms with van der Waals surface area (Å²) in [5, 5.41) is 6.56. The highest BCUT2D eigenvalue weighted by atomic mass is 35.5. The van der Waals surface area contributed by atoms with Gasteiger partial charge in [-0.1, -0.05) is 25.1 Å². The predicted octanol–water partition coefficient (Wildman–Crippen LogP) is 3.42. The van der Waals surface area contributed by atoms with E-state index in [9.17, 15) is 4.79 Å². The van der Waals surface area contributed by atoms with Crippen LogP contribution in [0.3, 0.4) is 0 Å². The van der Waals surface area contributed by atoms with Gasteiger partial charge in [0.15, 0.2) is 0 Å². The summed E-state index contributed by atoms with van der Waals surface area (Å²) in [7, 11) is 0. The zero-order chi connectivity index (χ0) is 16.8. The first-order valence-electron chi connectivity index (χ1n) is 9.54. The molecule has 0 bridgehead atoms. The molecule has 2 aliphatic heterocycles. The second-order valence-corrected chi connectivity index (χ2v) is 7.36. The van der Waals surface area contributed by atoms with Gasteiger partial charge in [0, 0.05) is 31.7 Å². The van der Waals surface area contributed by atoms with E-state index in [1.807, 2.05) is 0 Å². The van der Waals surface area contributed by atoms with Crippen LogP contribution in [0.4, 0.5) is 5.69 Å². The fourth-order valence-corrected chi connectivity index (χ4v) is 4.03. The Kier molecular flexibility index (Phi) is 10.4. The summed E-state index contributed by atoms with van der Waals surface area (Å²) in [4.78, 5) is 14.6. The molecule has 2 N–H and O–H groups in total. The molecule has 0 aliphatic carbocycles. The van der Waals surface area contributed by atoms with Gasteiger partial charge in [0.1, 0.15) is 0 Å². The average Bonchev–Trinajstić information content (AvgIpc) is 3.03. The summed E-state index contributed by atoms with van der Waals surface area (Å²) >= 11 is 0. The van der Waals surface area contributed by atoms with Gasteiger partial charge in [0.2, 0.25) is 5.91 Å². The van der Waals surface area contributed by atoms with E-state index < -0.39 is 0 Å². The molecule has 6 heteroatoms. The monoisotopic (exact) mass is 401 g/mol. The molecule has 2 atom stereocenters. The van der Waals surface area contributed by atoms with Crippen LogP contribution in [0.15, 0.2) is 24.3 Å². The lowest BCUT2D eigenvalue weighted by atomic mass is 9.85. The van der Waals surface area contributed by atoms with Crippen molar-refractivity contribution in [1.29, 1.82) is 0 Å². The summed E-state index contributed by atoms with van der Waals surface area (Å²) < 4.78 is 0. The minimum atomic E-state index is 0. The number of rotatable bonds is 7. The highest BCUT2D eigenvalue weighted by Gasteiger charge is 2.22. The van der Waals surface area contributed by atoms with E-state index >= 15 is 0 Å². The predicted molar refractivity (Wildman–Crippen MR) is 114 cm³/mol. The van der Waals surface area contributed by atoms with E-state index in [-0.39, 0.29) is 30.7 Å². The lowest BCUT2D eigenvalue weighted by molar-refractivity contribution is -0.122. The van der Waals surface area contributed by atoms with Gasteiger partial charge in [-0.05, 0) is 62.2 Å². The van der Waals surface area contributed by atoms with E-state index in [2.05, 4.69) is 46.7 Å². The van der Waals surface area contributed by atoms with Crippen molar-refractivity contribution in [2.45, 2.75) is 39.0 Å². The van der Waals surface area contributed by atoms with E-state index in [1.165, 1.54) is 24.1 Å². The highest BCUT2D eigenvalue weighted by Crippen LogP contribution is 2.27. The van der Waals surface area contributed by atoms with Gasteiger partial charge in [0.25, 0.3) is 0 Å². The number of nitrogens with one attached hydrogen (secondary N) is 2. The van der Waals surface area contributed by atoms with Crippen LogP contribution in [0.5, 0.6) is 0 Å². The number of amides is 1. The Bertz CT molecular complexity index is 550. The van der Waals surface area contributed by atoms with Crippen molar-refractivity contribution in [3.8, 4) is 0 Å². The molecule has 0 saturated carbocycles. The first kappa shape index (κ1) is 23.1. The first-order chi connectivity index (χ1) is 11.7. The van der Waals surface area contributed by atoms with Crippen molar-refractivity contribution in [2.24, 2.45) is 11.8 Å². The van der Waals surface area contributed by atoms with Crippen LogP contribution in [0, 0.1) is 11.8 Å². The van der Waals surface area contributed by atoms with Crippen LogP contribution in [0.2, 0.25) is 0 Å². The summed E-state index contributed by atoms with van der Waals surface area (Å²) in [5.41, 5.74) is 2.83. The van der Waals surface area contributed by atoms with Crippen LogP contribution in [0.25, 0.3) is 0 Å². The van der Waals surface area contributed by atoms with Gasteiger partial charge in [-0.3, -0.25) is 4.79 Å². The molecule has 2 aliphatic rings. The lowest BCUT2D eigenvalue weighted by Gasteiger charge is -2.28. The Labute approximate surface area is 170 Å². The Morgan fingerprint density at radius 1 is 1.35 bits per heavy atom. The van der Waals surface area contributed by atoms with Gasteiger partial charge >= 0.3 is 0 Å². The quantitative estimate of drug-likeness (QED) is 0.687. The Morgan fingerprint density at radius 3 is 2.92 bits per heavy atom. The lowest BCUT2D eigenvalue weighted by Crippen LogP contribution is -2.36. The Hall–Kier alpha value is -0.970. The zero-order valence-corrected chi connectivity index (χ0v) is 17.3. The van der Waals surface area contributed by atoms with Crippen molar-refractivity contribution in [2.75, 3.05) is 37.6 Å². The molecule has 2 heterocycles. The molecule has 4 nitrogen and oxygen atoms in total. The van der Waals surface area contributed by atoms with Gasteiger partial charge in [-0.25, -0.2) is 0 Å². The number of benzene rings is 1. The SMILES string of the molecule is CC(CC(=O)NCCCN1CCc2ccccc21)C1CCCNC1.Cl.Cl. The van der Waals surface area contributed by atoms with Crippen LogP contribution in [-0.4, -0.2) is 38.6 Å². The third-order valence-corrected chi connectivity index (χ3v) is 5.56. The minimum absolute atomic E-state index is 0. The van der Waals surface area contributed by atoms with Crippen molar-refractivity contribution < 1.29 is 4.79 Å². The van der Waals surface area contributed by atoms with Gasteiger partial charge in [0.05, 0.1) is 0 Å². The first-order valence-corrected chi connectivity index (χ1v) is 9.54. The number of carbonyl (C=O) groups excluding carboxylic acids is 1. The van der Waals surface area contributed by atoms with Crippen molar-refractivity contribution in [3.63, 3.8) is 0 Å². The Balaban J connectivity index is 0.00000169. The fourth-order valence-electron chi connectivity index (χ4n) is 4.03. The molecule has 1 aromatic carbocycles. The topological polar surface area (TPSA) is 44.4 Å². The molecule has 148 valence electrons. The van der Waals surface area contributed by atoms with Gasteiger partial charge < -0.3 is 15.5 Å². The third-order valence-electron chi connectivity index (χ3n) is 5.56. The summed E-state index contributed by atoms with van der Waals surface area (Å²) in [5.74, 6) is 1.35. The minimum Gasteiger partial charge on any atom is -0.371 e. The van der Waals surface area contributed by atoms with Crippen LogP contribution in [0.1, 0.15) is 38.2 Å². The van der Waals surface area contributed by atoms with Gasteiger partial charge in [-0.15, -0.1) is 24.8 Å². The van der Waals surface area contributed by atoms with E-state index in [0.29, 0.717) is 18.3 Å².